The number of hydrogen-bond acceptors (Lipinski definition) is 5. The lowest BCUT2D eigenvalue weighted by atomic mass is 10.2. The van der Waals surface area contributed by atoms with Gasteiger partial charge in [-0.3, -0.25) is 14.9 Å². The predicted molar refractivity (Wildman–Crippen MR) is 94.9 cm³/mol. The summed E-state index contributed by atoms with van der Waals surface area (Å²) in [5.41, 5.74) is 0.818. The van der Waals surface area contributed by atoms with Gasteiger partial charge in [0.05, 0.1) is 7.11 Å². The fourth-order valence-corrected chi connectivity index (χ4v) is 2.70. The van der Waals surface area contributed by atoms with Crippen LogP contribution in [-0.4, -0.2) is 30.5 Å². The standard InChI is InChI=1S/C17H21N3O3S/c1-3-4-5-10-18-16(22)14-11-24-17(19-14)20-15(21)12-6-8-13(23-2)9-7-12/h6-9,11H,3-5,10H2,1-2H3,(H,18,22)(H,19,20,21). The molecule has 0 radical (unpaired) electrons. The summed E-state index contributed by atoms with van der Waals surface area (Å²) in [6.07, 6.45) is 3.14. The number of amides is 2. The lowest BCUT2D eigenvalue weighted by Crippen LogP contribution is -2.24. The van der Waals surface area contributed by atoms with Crippen LogP contribution in [0.2, 0.25) is 0 Å². The molecule has 0 aliphatic heterocycles. The summed E-state index contributed by atoms with van der Waals surface area (Å²) in [5.74, 6) is 0.192. The largest absolute Gasteiger partial charge is 0.497 e. The second kappa shape index (κ2) is 9.02. The number of rotatable bonds is 8. The number of unbranched alkanes of at least 4 members (excludes halogenated alkanes) is 2. The number of carbonyl (C=O) groups excluding carboxylic acids is 2. The normalized spacial score (nSPS) is 10.2. The number of thiazole rings is 1. The Labute approximate surface area is 145 Å². The number of nitrogens with zero attached hydrogens (tertiary/aromatic N) is 1. The molecule has 2 amide bonds. The van der Waals surface area contributed by atoms with Crippen molar-refractivity contribution in [3.63, 3.8) is 0 Å². The summed E-state index contributed by atoms with van der Waals surface area (Å²) in [4.78, 5) is 28.3. The molecule has 1 aromatic heterocycles. The Morgan fingerprint density at radius 2 is 1.92 bits per heavy atom. The number of anilines is 1. The summed E-state index contributed by atoms with van der Waals surface area (Å²) in [7, 11) is 1.57. The molecule has 0 saturated carbocycles. The van der Waals surface area contributed by atoms with E-state index in [1.54, 1.807) is 36.8 Å². The van der Waals surface area contributed by atoms with Gasteiger partial charge in [-0.05, 0) is 30.7 Å². The number of methoxy groups -OCH3 is 1. The van der Waals surface area contributed by atoms with Crippen molar-refractivity contribution in [1.82, 2.24) is 10.3 Å². The van der Waals surface area contributed by atoms with E-state index in [0.717, 1.165) is 19.3 Å². The van der Waals surface area contributed by atoms with Gasteiger partial charge in [-0.25, -0.2) is 4.98 Å². The lowest BCUT2D eigenvalue weighted by Gasteiger charge is -2.03. The number of hydrogen-bond donors (Lipinski definition) is 2. The zero-order valence-corrected chi connectivity index (χ0v) is 14.6. The van der Waals surface area contributed by atoms with Crippen molar-refractivity contribution in [2.45, 2.75) is 26.2 Å². The second-order valence-electron chi connectivity index (χ2n) is 5.18. The van der Waals surface area contributed by atoms with Crippen molar-refractivity contribution < 1.29 is 14.3 Å². The number of aromatic nitrogens is 1. The Morgan fingerprint density at radius 3 is 2.58 bits per heavy atom. The highest BCUT2D eigenvalue weighted by Gasteiger charge is 2.13. The molecule has 0 saturated heterocycles. The van der Waals surface area contributed by atoms with Crippen LogP contribution in [-0.2, 0) is 0 Å². The van der Waals surface area contributed by atoms with E-state index >= 15 is 0 Å². The van der Waals surface area contributed by atoms with Crippen molar-refractivity contribution >= 4 is 28.3 Å². The van der Waals surface area contributed by atoms with Gasteiger partial charge in [0.15, 0.2) is 5.13 Å². The first-order chi connectivity index (χ1) is 11.6. The van der Waals surface area contributed by atoms with E-state index in [-0.39, 0.29) is 11.8 Å². The first kappa shape index (κ1) is 17.9. The Bertz CT molecular complexity index is 683. The number of carbonyl (C=O) groups is 2. The quantitative estimate of drug-likeness (QED) is 0.718. The van der Waals surface area contributed by atoms with Crippen molar-refractivity contribution in [3.05, 3.63) is 40.9 Å². The van der Waals surface area contributed by atoms with E-state index in [4.69, 9.17) is 4.74 Å². The van der Waals surface area contributed by atoms with Crippen LogP contribution in [0, 0.1) is 0 Å². The monoisotopic (exact) mass is 347 g/mol. The average molecular weight is 347 g/mol. The third-order valence-electron chi connectivity index (χ3n) is 3.38. The number of ether oxygens (including phenoxy) is 1. The SMILES string of the molecule is CCCCCNC(=O)c1csc(NC(=O)c2ccc(OC)cc2)n1. The first-order valence-electron chi connectivity index (χ1n) is 7.83. The maximum absolute atomic E-state index is 12.2. The van der Waals surface area contributed by atoms with Crippen LogP contribution in [0.1, 0.15) is 47.0 Å². The molecule has 0 bridgehead atoms. The molecule has 2 N–H and O–H groups in total. The molecule has 0 aliphatic carbocycles. The molecular weight excluding hydrogens is 326 g/mol. The van der Waals surface area contributed by atoms with E-state index < -0.39 is 0 Å². The summed E-state index contributed by atoms with van der Waals surface area (Å²) < 4.78 is 5.06. The van der Waals surface area contributed by atoms with Gasteiger partial charge >= 0.3 is 0 Å². The molecule has 24 heavy (non-hydrogen) atoms. The summed E-state index contributed by atoms with van der Waals surface area (Å²) in [6, 6.07) is 6.77. The maximum atomic E-state index is 12.2. The molecular formula is C17H21N3O3S. The Hall–Kier alpha value is -2.41. The van der Waals surface area contributed by atoms with Gasteiger partial charge < -0.3 is 10.1 Å². The van der Waals surface area contributed by atoms with Crippen LogP contribution in [0.3, 0.4) is 0 Å². The van der Waals surface area contributed by atoms with Gasteiger partial charge in [-0.1, -0.05) is 19.8 Å². The lowest BCUT2D eigenvalue weighted by molar-refractivity contribution is 0.0947. The average Bonchev–Trinajstić information content (AvgIpc) is 3.07. The molecule has 1 heterocycles. The first-order valence-corrected chi connectivity index (χ1v) is 8.71. The number of benzene rings is 1. The van der Waals surface area contributed by atoms with Gasteiger partial charge in [0.25, 0.3) is 11.8 Å². The van der Waals surface area contributed by atoms with Gasteiger partial charge in [0.1, 0.15) is 11.4 Å². The highest BCUT2D eigenvalue weighted by atomic mass is 32.1. The molecule has 1 aromatic carbocycles. The zero-order chi connectivity index (χ0) is 17.4. The van der Waals surface area contributed by atoms with Crippen LogP contribution in [0.5, 0.6) is 5.75 Å². The molecule has 0 aliphatic rings. The third-order valence-corrected chi connectivity index (χ3v) is 4.13. The Balaban J connectivity index is 1.90. The van der Waals surface area contributed by atoms with Gasteiger partial charge in [-0.2, -0.15) is 0 Å². The third kappa shape index (κ3) is 5.06. The fourth-order valence-electron chi connectivity index (χ4n) is 2.01. The van der Waals surface area contributed by atoms with Crippen molar-refractivity contribution in [3.8, 4) is 5.75 Å². The topological polar surface area (TPSA) is 80.3 Å². The van der Waals surface area contributed by atoms with Gasteiger partial charge in [-0.15, -0.1) is 11.3 Å². The minimum atomic E-state index is -0.276. The molecule has 2 rings (SSSR count). The zero-order valence-electron chi connectivity index (χ0n) is 13.8. The minimum absolute atomic E-state index is 0.215. The predicted octanol–water partition coefficient (Wildman–Crippen LogP) is 3.32. The molecule has 2 aromatic rings. The second-order valence-corrected chi connectivity index (χ2v) is 6.04. The van der Waals surface area contributed by atoms with Crippen LogP contribution in [0.4, 0.5) is 5.13 Å². The number of nitrogens with one attached hydrogen (secondary N) is 2. The molecule has 6 nitrogen and oxygen atoms in total. The highest BCUT2D eigenvalue weighted by molar-refractivity contribution is 7.14. The molecule has 0 fully saturated rings. The minimum Gasteiger partial charge on any atom is -0.497 e. The van der Waals surface area contributed by atoms with E-state index in [2.05, 4.69) is 22.5 Å². The van der Waals surface area contributed by atoms with E-state index in [1.807, 2.05) is 0 Å². The highest BCUT2D eigenvalue weighted by Crippen LogP contribution is 2.17. The smallest absolute Gasteiger partial charge is 0.270 e. The maximum Gasteiger partial charge on any atom is 0.270 e. The van der Waals surface area contributed by atoms with Crippen molar-refractivity contribution in [2.24, 2.45) is 0 Å². The van der Waals surface area contributed by atoms with Gasteiger partial charge in [0, 0.05) is 17.5 Å². The summed E-state index contributed by atoms with van der Waals surface area (Å²) in [6.45, 7) is 2.75. The van der Waals surface area contributed by atoms with E-state index in [0.29, 0.717) is 28.7 Å². The molecule has 0 unspecified atom stereocenters. The Kier molecular flexibility index (Phi) is 6.74. The van der Waals surface area contributed by atoms with Gasteiger partial charge in [0.2, 0.25) is 0 Å². The van der Waals surface area contributed by atoms with Crippen LogP contribution in [0.25, 0.3) is 0 Å². The molecule has 128 valence electrons. The van der Waals surface area contributed by atoms with Crippen LogP contribution < -0.4 is 15.4 Å². The van der Waals surface area contributed by atoms with Crippen LogP contribution >= 0.6 is 11.3 Å². The van der Waals surface area contributed by atoms with Crippen molar-refractivity contribution in [1.29, 1.82) is 0 Å². The fraction of sp³-hybridized carbons (Fsp3) is 0.353. The molecule has 0 atom stereocenters. The molecule has 0 spiro atoms. The van der Waals surface area contributed by atoms with E-state index in [9.17, 15) is 9.59 Å². The Morgan fingerprint density at radius 1 is 1.17 bits per heavy atom. The summed E-state index contributed by atoms with van der Waals surface area (Å²) in [5, 5.41) is 7.55. The van der Waals surface area contributed by atoms with E-state index in [1.165, 1.54) is 11.3 Å². The summed E-state index contributed by atoms with van der Waals surface area (Å²) >= 11 is 1.22. The van der Waals surface area contributed by atoms with Crippen LogP contribution in [0.15, 0.2) is 29.6 Å². The molecule has 7 heteroatoms. The van der Waals surface area contributed by atoms with Crippen molar-refractivity contribution in [2.75, 3.05) is 19.0 Å².